The average Bonchev–Trinajstić information content (AvgIpc) is 2.67. The van der Waals surface area contributed by atoms with Gasteiger partial charge >= 0.3 is 0 Å². The Morgan fingerprint density at radius 1 is 1.71 bits per heavy atom. The van der Waals surface area contributed by atoms with Crippen LogP contribution in [0.1, 0.15) is 13.8 Å². The van der Waals surface area contributed by atoms with Crippen LogP contribution in [-0.4, -0.2) is 41.1 Å². The standard InChI is InChI=1S/C9H18N2OS2/c1-9(2,13-3)5-10-8(12)7-4-14-6-11-7/h7,11H,4-6H2,1-3H3,(H,10,12)/t7-/m1/s1. The SMILES string of the molecule is CSC(C)(C)CNC(=O)[C@H]1CSCN1. The highest BCUT2D eigenvalue weighted by Crippen LogP contribution is 2.19. The third kappa shape index (κ3) is 3.71. The van der Waals surface area contributed by atoms with Gasteiger partial charge in [-0.25, -0.2) is 0 Å². The lowest BCUT2D eigenvalue weighted by Gasteiger charge is -2.23. The monoisotopic (exact) mass is 234 g/mol. The van der Waals surface area contributed by atoms with E-state index in [-0.39, 0.29) is 16.7 Å². The van der Waals surface area contributed by atoms with Gasteiger partial charge in [0.25, 0.3) is 0 Å². The molecule has 1 rings (SSSR count). The third-order valence-electron chi connectivity index (χ3n) is 2.27. The van der Waals surface area contributed by atoms with Crippen LogP contribution in [0.15, 0.2) is 0 Å². The molecule has 1 aliphatic rings. The Morgan fingerprint density at radius 3 is 2.93 bits per heavy atom. The molecule has 0 aliphatic carbocycles. The smallest absolute Gasteiger partial charge is 0.238 e. The predicted molar refractivity (Wildman–Crippen MR) is 64.9 cm³/mol. The predicted octanol–water partition coefficient (Wildman–Crippen LogP) is 0.907. The maximum Gasteiger partial charge on any atom is 0.238 e. The normalized spacial score (nSPS) is 22.4. The molecule has 1 fully saturated rings. The number of carbonyl (C=O) groups is 1. The third-order valence-corrected chi connectivity index (χ3v) is 4.46. The van der Waals surface area contributed by atoms with Crippen molar-refractivity contribution in [1.82, 2.24) is 10.6 Å². The number of nitrogens with one attached hydrogen (secondary N) is 2. The zero-order chi connectivity index (χ0) is 10.6. The summed E-state index contributed by atoms with van der Waals surface area (Å²) in [4.78, 5) is 11.6. The summed E-state index contributed by atoms with van der Waals surface area (Å²) in [6.45, 7) is 5.00. The maximum atomic E-state index is 11.6. The molecule has 1 aliphatic heterocycles. The lowest BCUT2D eigenvalue weighted by atomic mass is 10.2. The van der Waals surface area contributed by atoms with Gasteiger partial charge in [0.2, 0.25) is 5.91 Å². The van der Waals surface area contributed by atoms with Crippen LogP contribution >= 0.6 is 23.5 Å². The van der Waals surface area contributed by atoms with Crippen LogP contribution in [0.3, 0.4) is 0 Å². The van der Waals surface area contributed by atoms with E-state index in [0.717, 1.165) is 18.2 Å². The first-order chi connectivity index (χ1) is 6.55. The molecule has 0 unspecified atom stereocenters. The van der Waals surface area contributed by atoms with Crippen LogP contribution in [0.5, 0.6) is 0 Å². The molecule has 1 atom stereocenters. The molecular formula is C9H18N2OS2. The van der Waals surface area contributed by atoms with E-state index < -0.39 is 0 Å². The first-order valence-electron chi connectivity index (χ1n) is 4.69. The zero-order valence-electron chi connectivity index (χ0n) is 8.92. The van der Waals surface area contributed by atoms with Gasteiger partial charge in [-0.2, -0.15) is 11.8 Å². The van der Waals surface area contributed by atoms with Gasteiger partial charge in [0.15, 0.2) is 0 Å². The summed E-state index contributed by atoms with van der Waals surface area (Å²) in [7, 11) is 0. The Morgan fingerprint density at radius 2 is 2.43 bits per heavy atom. The van der Waals surface area contributed by atoms with Gasteiger partial charge in [-0.3, -0.25) is 10.1 Å². The van der Waals surface area contributed by atoms with Gasteiger partial charge in [0, 0.05) is 22.9 Å². The lowest BCUT2D eigenvalue weighted by molar-refractivity contribution is -0.122. The first kappa shape index (κ1) is 12.2. The van der Waals surface area contributed by atoms with Crippen molar-refractivity contribution in [3.8, 4) is 0 Å². The molecule has 0 aromatic heterocycles. The van der Waals surface area contributed by atoms with E-state index in [4.69, 9.17) is 0 Å². The highest BCUT2D eigenvalue weighted by molar-refractivity contribution is 8.00. The van der Waals surface area contributed by atoms with E-state index in [1.807, 2.05) is 0 Å². The number of hydrogen-bond acceptors (Lipinski definition) is 4. The van der Waals surface area contributed by atoms with Gasteiger partial charge in [0.05, 0.1) is 6.04 Å². The van der Waals surface area contributed by atoms with E-state index in [2.05, 4.69) is 30.7 Å². The van der Waals surface area contributed by atoms with Gasteiger partial charge in [-0.15, -0.1) is 11.8 Å². The number of rotatable bonds is 4. The highest BCUT2D eigenvalue weighted by atomic mass is 32.2. The van der Waals surface area contributed by atoms with Crippen LogP contribution in [0.4, 0.5) is 0 Å². The van der Waals surface area contributed by atoms with Crippen molar-refractivity contribution < 1.29 is 4.79 Å². The minimum Gasteiger partial charge on any atom is -0.353 e. The second-order valence-corrected chi connectivity index (χ2v) is 6.50. The van der Waals surface area contributed by atoms with Crippen LogP contribution in [0, 0.1) is 0 Å². The Balaban J connectivity index is 2.27. The molecule has 1 heterocycles. The molecular weight excluding hydrogens is 216 g/mol. The molecule has 5 heteroatoms. The van der Waals surface area contributed by atoms with E-state index in [1.54, 1.807) is 23.5 Å². The van der Waals surface area contributed by atoms with E-state index >= 15 is 0 Å². The Kier molecular flexibility index (Phi) is 4.60. The molecule has 0 bridgehead atoms. The summed E-state index contributed by atoms with van der Waals surface area (Å²) in [6.07, 6.45) is 2.07. The molecule has 0 saturated carbocycles. The summed E-state index contributed by atoms with van der Waals surface area (Å²) >= 11 is 3.54. The molecule has 1 saturated heterocycles. The molecule has 82 valence electrons. The van der Waals surface area contributed by atoms with Crippen molar-refractivity contribution >= 4 is 29.4 Å². The Labute approximate surface area is 94.2 Å². The average molecular weight is 234 g/mol. The summed E-state index contributed by atoms with van der Waals surface area (Å²) in [6, 6.07) is 0.0117. The van der Waals surface area contributed by atoms with Crippen LogP contribution in [-0.2, 0) is 4.79 Å². The van der Waals surface area contributed by atoms with E-state index in [0.29, 0.717) is 0 Å². The largest absolute Gasteiger partial charge is 0.353 e. The van der Waals surface area contributed by atoms with Crippen molar-refractivity contribution in [2.75, 3.05) is 24.4 Å². The quantitative estimate of drug-likeness (QED) is 0.758. The molecule has 14 heavy (non-hydrogen) atoms. The second-order valence-electron chi connectivity index (χ2n) is 3.95. The van der Waals surface area contributed by atoms with E-state index in [1.165, 1.54) is 0 Å². The Bertz CT molecular complexity index is 203. The van der Waals surface area contributed by atoms with Crippen LogP contribution < -0.4 is 10.6 Å². The molecule has 0 aromatic rings. The highest BCUT2D eigenvalue weighted by Gasteiger charge is 2.24. The second kappa shape index (κ2) is 5.28. The van der Waals surface area contributed by atoms with Crippen LogP contribution in [0.2, 0.25) is 0 Å². The topological polar surface area (TPSA) is 41.1 Å². The molecule has 2 N–H and O–H groups in total. The fraction of sp³-hybridized carbons (Fsp3) is 0.889. The molecule has 0 aromatic carbocycles. The number of amides is 1. The minimum absolute atomic E-state index is 0.0117. The summed E-state index contributed by atoms with van der Waals surface area (Å²) < 4.78 is 0.126. The van der Waals surface area contributed by atoms with Crippen molar-refractivity contribution in [3.05, 3.63) is 0 Å². The van der Waals surface area contributed by atoms with Crippen molar-refractivity contribution in [2.45, 2.75) is 24.6 Å². The fourth-order valence-corrected chi connectivity index (χ4v) is 2.22. The zero-order valence-corrected chi connectivity index (χ0v) is 10.6. The summed E-state index contributed by atoms with van der Waals surface area (Å²) in [5.74, 6) is 1.92. The molecule has 3 nitrogen and oxygen atoms in total. The van der Waals surface area contributed by atoms with Crippen molar-refractivity contribution in [3.63, 3.8) is 0 Å². The molecule has 0 spiro atoms. The minimum atomic E-state index is 0.0117. The van der Waals surface area contributed by atoms with Crippen LogP contribution in [0.25, 0.3) is 0 Å². The lowest BCUT2D eigenvalue weighted by Crippen LogP contribution is -2.46. The van der Waals surface area contributed by atoms with Gasteiger partial charge in [0.1, 0.15) is 0 Å². The summed E-state index contributed by atoms with van der Waals surface area (Å²) in [5.41, 5.74) is 0. The van der Waals surface area contributed by atoms with Gasteiger partial charge in [-0.05, 0) is 20.1 Å². The molecule has 1 amide bonds. The summed E-state index contributed by atoms with van der Waals surface area (Å²) in [5, 5.41) is 6.13. The Hall–Kier alpha value is 0.130. The van der Waals surface area contributed by atoms with Crippen molar-refractivity contribution in [1.29, 1.82) is 0 Å². The van der Waals surface area contributed by atoms with Crippen molar-refractivity contribution in [2.24, 2.45) is 0 Å². The van der Waals surface area contributed by atoms with E-state index in [9.17, 15) is 4.79 Å². The van der Waals surface area contributed by atoms with Gasteiger partial charge < -0.3 is 5.32 Å². The van der Waals surface area contributed by atoms with Gasteiger partial charge in [-0.1, -0.05) is 0 Å². The first-order valence-corrected chi connectivity index (χ1v) is 7.07. The number of hydrogen-bond donors (Lipinski definition) is 2. The maximum absolute atomic E-state index is 11.6. The fourth-order valence-electron chi connectivity index (χ4n) is 1.06. The molecule has 0 radical (unpaired) electrons. The number of thioether (sulfide) groups is 2. The number of carbonyl (C=O) groups excluding carboxylic acids is 1.